The van der Waals surface area contributed by atoms with Gasteiger partial charge in [-0.15, -0.1) is 0 Å². The van der Waals surface area contributed by atoms with Gasteiger partial charge in [0.15, 0.2) is 0 Å². The number of benzene rings is 2. The van der Waals surface area contributed by atoms with Crippen molar-refractivity contribution in [1.82, 2.24) is 9.80 Å². The fourth-order valence-corrected chi connectivity index (χ4v) is 4.79. The van der Waals surface area contributed by atoms with E-state index in [0.717, 1.165) is 37.1 Å². The van der Waals surface area contributed by atoms with Gasteiger partial charge >= 0.3 is 12.1 Å². The molecule has 0 aromatic heterocycles. The molecule has 2 N–H and O–H groups in total. The monoisotopic (exact) mass is 479 g/mol. The van der Waals surface area contributed by atoms with Gasteiger partial charge in [0.1, 0.15) is 6.10 Å². The van der Waals surface area contributed by atoms with E-state index >= 15 is 0 Å². The highest BCUT2D eigenvalue weighted by molar-refractivity contribution is 5.91. The van der Waals surface area contributed by atoms with Crippen LogP contribution < -0.4 is 5.32 Å². The highest BCUT2D eigenvalue weighted by atomic mass is 16.6. The second-order valence-corrected chi connectivity index (χ2v) is 9.23. The number of nitrogens with zero attached hydrogens (tertiary/aromatic N) is 2. The van der Waals surface area contributed by atoms with Gasteiger partial charge in [0, 0.05) is 44.7 Å². The molecule has 0 unspecified atom stereocenters. The Morgan fingerprint density at radius 2 is 1.54 bits per heavy atom. The molecule has 186 valence electrons. The Labute approximate surface area is 205 Å². The topological polar surface area (TPSA) is 99.2 Å². The number of carbonyl (C=O) groups excluding carboxylic acids is 2. The molecule has 8 heteroatoms. The van der Waals surface area contributed by atoms with E-state index in [0.29, 0.717) is 44.6 Å². The van der Waals surface area contributed by atoms with Gasteiger partial charge in [0.05, 0.1) is 11.6 Å². The van der Waals surface area contributed by atoms with Crippen LogP contribution in [0.25, 0.3) is 11.1 Å². The number of rotatable bonds is 7. The molecule has 4 rings (SSSR count). The van der Waals surface area contributed by atoms with E-state index in [9.17, 15) is 14.4 Å². The van der Waals surface area contributed by atoms with Gasteiger partial charge in [0.25, 0.3) is 0 Å². The van der Waals surface area contributed by atoms with Crippen molar-refractivity contribution < 1.29 is 24.2 Å². The molecular weight excluding hydrogens is 446 g/mol. The smallest absolute Gasteiger partial charge is 0.411 e. The maximum atomic E-state index is 12.6. The third-order valence-electron chi connectivity index (χ3n) is 6.90. The van der Waals surface area contributed by atoms with E-state index < -0.39 is 12.1 Å². The number of ether oxygens (including phenoxy) is 1. The maximum Gasteiger partial charge on any atom is 0.411 e. The zero-order valence-corrected chi connectivity index (χ0v) is 19.9. The van der Waals surface area contributed by atoms with Gasteiger partial charge < -0.3 is 19.6 Å². The molecule has 2 aliphatic rings. The van der Waals surface area contributed by atoms with Crippen LogP contribution in [0.15, 0.2) is 54.6 Å². The van der Waals surface area contributed by atoms with E-state index in [-0.39, 0.29) is 17.9 Å². The second-order valence-electron chi connectivity index (χ2n) is 9.23. The first kappa shape index (κ1) is 24.7. The van der Waals surface area contributed by atoms with E-state index in [1.807, 2.05) is 54.6 Å². The summed E-state index contributed by atoms with van der Waals surface area (Å²) in [5, 5.41) is 12.0. The van der Waals surface area contributed by atoms with Crippen molar-refractivity contribution >= 4 is 23.7 Å². The minimum atomic E-state index is -0.767. The average molecular weight is 480 g/mol. The molecule has 0 spiro atoms. The molecule has 2 heterocycles. The minimum absolute atomic E-state index is 0.0867. The Kier molecular flexibility index (Phi) is 8.36. The Bertz CT molecular complexity index is 1010. The fraction of sp³-hybridized carbons (Fsp3) is 0.444. The first-order valence-electron chi connectivity index (χ1n) is 12.3. The highest BCUT2D eigenvalue weighted by Gasteiger charge is 2.28. The molecule has 35 heavy (non-hydrogen) atoms. The van der Waals surface area contributed by atoms with Crippen molar-refractivity contribution in [3.8, 4) is 11.1 Å². The molecular formula is C27H33N3O5. The fourth-order valence-electron chi connectivity index (χ4n) is 4.79. The van der Waals surface area contributed by atoms with Crippen LogP contribution in [-0.4, -0.2) is 71.7 Å². The second kappa shape index (κ2) is 11.8. The minimum Gasteiger partial charge on any atom is -0.481 e. The molecule has 2 aromatic rings. The third kappa shape index (κ3) is 6.82. The zero-order chi connectivity index (χ0) is 24.6. The van der Waals surface area contributed by atoms with Gasteiger partial charge in [0.2, 0.25) is 5.91 Å². The number of carbonyl (C=O) groups is 3. The molecule has 2 aromatic carbocycles. The van der Waals surface area contributed by atoms with Crippen molar-refractivity contribution in [2.45, 2.75) is 38.2 Å². The number of anilines is 1. The van der Waals surface area contributed by atoms with E-state index in [1.165, 1.54) is 0 Å². The summed E-state index contributed by atoms with van der Waals surface area (Å²) in [4.78, 5) is 40.2. The summed E-state index contributed by atoms with van der Waals surface area (Å²) < 4.78 is 5.68. The van der Waals surface area contributed by atoms with Gasteiger partial charge in [-0.25, -0.2) is 4.79 Å². The predicted molar refractivity (Wildman–Crippen MR) is 133 cm³/mol. The summed E-state index contributed by atoms with van der Waals surface area (Å²) in [6.45, 7) is 3.25. The van der Waals surface area contributed by atoms with E-state index in [1.54, 1.807) is 4.90 Å². The predicted octanol–water partition coefficient (Wildman–Crippen LogP) is 4.08. The number of para-hydroxylation sites is 1. The maximum absolute atomic E-state index is 12.6. The lowest BCUT2D eigenvalue weighted by molar-refractivity contribution is -0.145. The molecule has 0 radical (unpaired) electrons. The van der Waals surface area contributed by atoms with Crippen molar-refractivity contribution in [2.24, 2.45) is 5.92 Å². The van der Waals surface area contributed by atoms with Crippen LogP contribution in [0.4, 0.5) is 10.5 Å². The van der Waals surface area contributed by atoms with Gasteiger partial charge in [-0.3, -0.25) is 14.9 Å². The summed E-state index contributed by atoms with van der Waals surface area (Å²) in [6.07, 6.45) is 2.34. The van der Waals surface area contributed by atoms with Crippen LogP contribution in [0.5, 0.6) is 0 Å². The first-order chi connectivity index (χ1) is 17.0. The van der Waals surface area contributed by atoms with Crippen LogP contribution >= 0.6 is 0 Å². The number of hydrogen-bond acceptors (Lipinski definition) is 5. The van der Waals surface area contributed by atoms with E-state index in [2.05, 4.69) is 10.2 Å². The molecule has 0 aliphatic carbocycles. The van der Waals surface area contributed by atoms with E-state index in [4.69, 9.17) is 9.84 Å². The van der Waals surface area contributed by atoms with Gasteiger partial charge in [-0.1, -0.05) is 48.5 Å². The van der Waals surface area contributed by atoms with Crippen molar-refractivity contribution in [2.75, 3.05) is 38.0 Å². The Balaban J connectivity index is 1.18. The van der Waals surface area contributed by atoms with Crippen LogP contribution in [0.2, 0.25) is 0 Å². The lowest BCUT2D eigenvalue weighted by atomic mass is 9.97. The average Bonchev–Trinajstić information content (AvgIpc) is 2.89. The number of amides is 2. The first-order valence-corrected chi connectivity index (χ1v) is 12.3. The van der Waals surface area contributed by atoms with Gasteiger partial charge in [-0.2, -0.15) is 0 Å². The lowest BCUT2D eigenvalue weighted by Gasteiger charge is -2.33. The summed E-state index contributed by atoms with van der Waals surface area (Å²) in [5.41, 5.74) is 2.68. The number of nitrogens with one attached hydrogen (secondary N) is 1. The molecule has 0 bridgehead atoms. The summed E-state index contributed by atoms with van der Waals surface area (Å²) >= 11 is 0. The van der Waals surface area contributed by atoms with Crippen molar-refractivity contribution in [1.29, 1.82) is 0 Å². The molecule has 0 saturated carbocycles. The number of aliphatic carboxylic acids is 1. The summed E-state index contributed by atoms with van der Waals surface area (Å²) in [5.74, 6) is -1.01. The molecule has 0 atom stereocenters. The normalized spacial score (nSPS) is 17.7. The van der Waals surface area contributed by atoms with Crippen molar-refractivity contribution in [3.05, 3.63) is 54.6 Å². The standard InChI is InChI=1S/C27H33N3O5/c31-25(30-18-10-21(11-19-30)26(32)33)14-17-29-15-12-22(13-16-29)35-27(34)28-24-9-5-4-8-23(24)20-6-2-1-3-7-20/h1-9,21-22H,10-19H2,(H,28,34)(H,32,33). The molecule has 2 amide bonds. The molecule has 2 aliphatic heterocycles. The van der Waals surface area contributed by atoms with Crippen LogP contribution in [-0.2, 0) is 14.3 Å². The number of likely N-dealkylation sites (tertiary alicyclic amines) is 2. The largest absolute Gasteiger partial charge is 0.481 e. The van der Waals surface area contributed by atoms with Crippen LogP contribution in [0.3, 0.4) is 0 Å². The third-order valence-corrected chi connectivity index (χ3v) is 6.90. The number of hydrogen-bond donors (Lipinski definition) is 2. The van der Waals surface area contributed by atoms with Crippen LogP contribution in [0, 0.1) is 5.92 Å². The van der Waals surface area contributed by atoms with Crippen molar-refractivity contribution in [3.63, 3.8) is 0 Å². The number of carboxylic acid groups (broad SMARTS) is 1. The Morgan fingerprint density at radius 1 is 0.886 bits per heavy atom. The Hall–Kier alpha value is -3.39. The summed E-state index contributed by atoms with van der Waals surface area (Å²) in [6, 6.07) is 17.6. The molecule has 8 nitrogen and oxygen atoms in total. The number of carboxylic acids is 1. The zero-order valence-electron chi connectivity index (χ0n) is 19.9. The molecule has 2 fully saturated rings. The SMILES string of the molecule is O=C(Nc1ccccc1-c1ccccc1)OC1CCN(CCC(=O)N2CCC(C(=O)O)CC2)CC1. The summed E-state index contributed by atoms with van der Waals surface area (Å²) in [7, 11) is 0. The lowest BCUT2D eigenvalue weighted by Crippen LogP contribution is -2.43. The number of piperidine rings is 2. The van der Waals surface area contributed by atoms with Gasteiger partial charge in [-0.05, 0) is 37.3 Å². The highest BCUT2D eigenvalue weighted by Crippen LogP contribution is 2.28. The quantitative estimate of drug-likeness (QED) is 0.621. The molecule has 2 saturated heterocycles. The Morgan fingerprint density at radius 3 is 2.23 bits per heavy atom. The van der Waals surface area contributed by atoms with Crippen LogP contribution in [0.1, 0.15) is 32.1 Å².